The van der Waals surface area contributed by atoms with Gasteiger partial charge in [-0.2, -0.15) is 0 Å². The summed E-state index contributed by atoms with van der Waals surface area (Å²) < 4.78 is 0. The third-order valence-electron chi connectivity index (χ3n) is 5.15. The average Bonchev–Trinajstić information content (AvgIpc) is 2.83. The standard InChI is InChI=1S/C22H28N2O2/c1-22(2,19-11-7-4-8-12-19)21(26)24-14-13-23(16-20(25)17-24)15-18-9-5-3-6-10-18/h3-12,20,25H,13-17H2,1-2H3. The molecule has 4 heteroatoms. The number of nitrogens with zero attached hydrogens (tertiary/aromatic N) is 2. The molecule has 2 aromatic rings. The molecule has 1 N–H and O–H groups in total. The second-order valence-corrected chi connectivity index (χ2v) is 7.62. The maximum Gasteiger partial charge on any atom is 0.232 e. The van der Waals surface area contributed by atoms with Gasteiger partial charge in [0.15, 0.2) is 0 Å². The van der Waals surface area contributed by atoms with Crippen LogP contribution in [0.1, 0.15) is 25.0 Å². The van der Waals surface area contributed by atoms with Crippen molar-refractivity contribution >= 4 is 5.91 Å². The summed E-state index contributed by atoms with van der Waals surface area (Å²) in [5.41, 5.74) is 1.63. The van der Waals surface area contributed by atoms with Crippen molar-refractivity contribution in [2.75, 3.05) is 26.2 Å². The highest BCUT2D eigenvalue weighted by Gasteiger charge is 2.35. The number of hydrogen-bond donors (Lipinski definition) is 1. The fourth-order valence-electron chi connectivity index (χ4n) is 3.60. The summed E-state index contributed by atoms with van der Waals surface area (Å²) in [6, 6.07) is 20.1. The average molecular weight is 352 g/mol. The monoisotopic (exact) mass is 352 g/mol. The number of β-amino-alcohol motifs (C(OH)–C–C–N with tert-alkyl or cyclic N) is 1. The van der Waals surface area contributed by atoms with E-state index < -0.39 is 11.5 Å². The second kappa shape index (κ2) is 8.02. The molecule has 1 fully saturated rings. The quantitative estimate of drug-likeness (QED) is 0.920. The van der Waals surface area contributed by atoms with Crippen LogP contribution in [0.4, 0.5) is 0 Å². The first-order valence-electron chi connectivity index (χ1n) is 9.26. The van der Waals surface area contributed by atoms with Gasteiger partial charge in [-0.3, -0.25) is 9.69 Å². The lowest BCUT2D eigenvalue weighted by Gasteiger charge is -2.32. The van der Waals surface area contributed by atoms with E-state index in [9.17, 15) is 9.90 Å². The molecule has 1 unspecified atom stereocenters. The zero-order valence-corrected chi connectivity index (χ0v) is 15.6. The number of rotatable bonds is 4. The number of hydrogen-bond acceptors (Lipinski definition) is 3. The molecule has 1 atom stereocenters. The molecular formula is C22H28N2O2. The van der Waals surface area contributed by atoms with Crippen LogP contribution in [0.25, 0.3) is 0 Å². The molecule has 0 saturated carbocycles. The number of benzene rings is 2. The fourth-order valence-corrected chi connectivity index (χ4v) is 3.60. The predicted molar refractivity (Wildman–Crippen MR) is 104 cm³/mol. The smallest absolute Gasteiger partial charge is 0.232 e. The third kappa shape index (κ3) is 4.32. The minimum absolute atomic E-state index is 0.0734. The molecule has 1 heterocycles. The van der Waals surface area contributed by atoms with Crippen molar-refractivity contribution < 1.29 is 9.90 Å². The number of carbonyl (C=O) groups is 1. The Labute approximate surface area is 156 Å². The van der Waals surface area contributed by atoms with E-state index in [0.29, 0.717) is 19.6 Å². The highest BCUT2D eigenvalue weighted by molar-refractivity contribution is 5.87. The Morgan fingerprint density at radius 1 is 1.00 bits per heavy atom. The minimum Gasteiger partial charge on any atom is -0.390 e. The van der Waals surface area contributed by atoms with Crippen molar-refractivity contribution in [2.45, 2.75) is 31.9 Å². The summed E-state index contributed by atoms with van der Waals surface area (Å²) in [7, 11) is 0. The van der Waals surface area contributed by atoms with E-state index in [0.717, 1.165) is 18.7 Å². The van der Waals surface area contributed by atoms with E-state index in [1.807, 2.05) is 67.3 Å². The van der Waals surface area contributed by atoms with Crippen LogP contribution in [0.15, 0.2) is 60.7 Å². The summed E-state index contributed by atoms with van der Waals surface area (Å²) in [5.74, 6) is 0.0734. The zero-order valence-electron chi connectivity index (χ0n) is 15.6. The lowest BCUT2D eigenvalue weighted by molar-refractivity contribution is -0.137. The second-order valence-electron chi connectivity index (χ2n) is 7.62. The molecule has 1 aliphatic rings. The number of amides is 1. The molecule has 138 valence electrons. The van der Waals surface area contributed by atoms with E-state index in [4.69, 9.17) is 0 Å². The Morgan fingerprint density at radius 3 is 2.27 bits per heavy atom. The van der Waals surface area contributed by atoms with E-state index in [1.54, 1.807) is 0 Å². The van der Waals surface area contributed by atoms with Crippen LogP contribution in [0, 0.1) is 0 Å². The van der Waals surface area contributed by atoms with E-state index in [-0.39, 0.29) is 5.91 Å². The molecule has 2 aromatic carbocycles. The molecule has 0 aliphatic carbocycles. The topological polar surface area (TPSA) is 43.8 Å². The summed E-state index contributed by atoms with van der Waals surface area (Å²) in [6.45, 7) is 7.10. The van der Waals surface area contributed by atoms with Crippen molar-refractivity contribution in [3.63, 3.8) is 0 Å². The largest absolute Gasteiger partial charge is 0.390 e. The van der Waals surface area contributed by atoms with Gasteiger partial charge in [-0.1, -0.05) is 60.7 Å². The van der Waals surface area contributed by atoms with Crippen LogP contribution in [0.5, 0.6) is 0 Å². The van der Waals surface area contributed by atoms with Gasteiger partial charge in [-0.15, -0.1) is 0 Å². The van der Waals surface area contributed by atoms with Gasteiger partial charge in [-0.05, 0) is 25.0 Å². The Bertz CT molecular complexity index is 715. The molecule has 26 heavy (non-hydrogen) atoms. The molecule has 0 spiro atoms. The van der Waals surface area contributed by atoms with Crippen molar-refractivity contribution in [3.8, 4) is 0 Å². The van der Waals surface area contributed by atoms with Gasteiger partial charge in [0.25, 0.3) is 0 Å². The lowest BCUT2D eigenvalue weighted by atomic mass is 9.83. The summed E-state index contributed by atoms with van der Waals surface area (Å²) in [4.78, 5) is 17.2. The molecule has 1 amide bonds. The van der Waals surface area contributed by atoms with Gasteiger partial charge in [0.1, 0.15) is 0 Å². The van der Waals surface area contributed by atoms with Gasteiger partial charge in [-0.25, -0.2) is 0 Å². The molecule has 1 aliphatic heterocycles. The van der Waals surface area contributed by atoms with Crippen LogP contribution in [-0.2, 0) is 16.8 Å². The van der Waals surface area contributed by atoms with Crippen LogP contribution in [-0.4, -0.2) is 53.1 Å². The van der Waals surface area contributed by atoms with Gasteiger partial charge in [0, 0.05) is 32.7 Å². The van der Waals surface area contributed by atoms with Gasteiger partial charge in [0.05, 0.1) is 11.5 Å². The summed E-state index contributed by atoms with van der Waals surface area (Å²) in [5, 5.41) is 10.5. The fraction of sp³-hybridized carbons (Fsp3) is 0.409. The first kappa shape index (κ1) is 18.6. The third-order valence-corrected chi connectivity index (χ3v) is 5.15. The van der Waals surface area contributed by atoms with Crippen LogP contribution < -0.4 is 0 Å². The molecular weight excluding hydrogens is 324 g/mol. The molecule has 0 radical (unpaired) electrons. The maximum absolute atomic E-state index is 13.2. The molecule has 0 aromatic heterocycles. The Balaban J connectivity index is 1.69. The maximum atomic E-state index is 13.2. The van der Waals surface area contributed by atoms with Gasteiger partial charge >= 0.3 is 0 Å². The van der Waals surface area contributed by atoms with E-state index in [1.165, 1.54) is 5.56 Å². The Kier molecular flexibility index (Phi) is 5.74. The number of aliphatic hydroxyl groups is 1. The molecule has 1 saturated heterocycles. The number of carbonyl (C=O) groups excluding carboxylic acids is 1. The first-order valence-corrected chi connectivity index (χ1v) is 9.26. The van der Waals surface area contributed by atoms with E-state index in [2.05, 4.69) is 17.0 Å². The highest BCUT2D eigenvalue weighted by atomic mass is 16.3. The van der Waals surface area contributed by atoms with E-state index >= 15 is 0 Å². The van der Waals surface area contributed by atoms with Crippen molar-refractivity contribution in [3.05, 3.63) is 71.8 Å². The Morgan fingerprint density at radius 2 is 1.62 bits per heavy atom. The number of aliphatic hydroxyl groups excluding tert-OH is 1. The zero-order chi connectivity index (χ0) is 18.6. The van der Waals surface area contributed by atoms with Crippen molar-refractivity contribution in [1.29, 1.82) is 0 Å². The van der Waals surface area contributed by atoms with Gasteiger partial charge < -0.3 is 10.0 Å². The van der Waals surface area contributed by atoms with Crippen LogP contribution in [0.2, 0.25) is 0 Å². The van der Waals surface area contributed by atoms with Crippen LogP contribution in [0.3, 0.4) is 0 Å². The predicted octanol–water partition coefficient (Wildman–Crippen LogP) is 2.67. The highest BCUT2D eigenvalue weighted by Crippen LogP contribution is 2.26. The van der Waals surface area contributed by atoms with Crippen molar-refractivity contribution in [2.24, 2.45) is 0 Å². The van der Waals surface area contributed by atoms with Crippen molar-refractivity contribution in [1.82, 2.24) is 9.80 Å². The molecule has 3 rings (SSSR count). The summed E-state index contributed by atoms with van der Waals surface area (Å²) >= 11 is 0. The molecule has 4 nitrogen and oxygen atoms in total. The SMILES string of the molecule is CC(C)(C(=O)N1CCN(Cc2ccccc2)CC(O)C1)c1ccccc1. The lowest BCUT2D eigenvalue weighted by Crippen LogP contribution is -2.46. The Hall–Kier alpha value is -2.17. The first-order chi connectivity index (χ1) is 12.5. The molecule has 0 bridgehead atoms. The minimum atomic E-state index is -0.602. The van der Waals surface area contributed by atoms with Gasteiger partial charge in [0.2, 0.25) is 5.91 Å². The summed E-state index contributed by atoms with van der Waals surface area (Å²) in [6.07, 6.45) is -0.531. The van der Waals surface area contributed by atoms with Crippen LogP contribution >= 0.6 is 0 Å². The normalized spacial score (nSPS) is 19.2.